The Bertz CT molecular complexity index is 561. The molecule has 2 aliphatic heterocycles. The van der Waals surface area contributed by atoms with Gasteiger partial charge in [-0.25, -0.2) is 0 Å². The van der Waals surface area contributed by atoms with Crippen LogP contribution in [0.15, 0.2) is 24.3 Å². The smallest absolute Gasteiger partial charge is 0.281 e. The Hall–Kier alpha value is -1.49. The van der Waals surface area contributed by atoms with Crippen molar-refractivity contribution in [2.75, 3.05) is 30.3 Å². The number of benzene rings is 1. The maximum Gasteiger partial charge on any atom is 0.281 e. The van der Waals surface area contributed by atoms with Crippen LogP contribution in [-0.2, 0) is 4.79 Å². The second-order valence-electron chi connectivity index (χ2n) is 5.65. The van der Waals surface area contributed by atoms with Gasteiger partial charge >= 0.3 is 0 Å². The number of carbonyl (C=O) groups is 2. The van der Waals surface area contributed by atoms with E-state index < -0.39 is 0 Å². The summed E-state index contributed by atoms with van der Waals surface area (Å²) in [5.41, 5.74) is 2.30. The van der Waals surface area contributed by atoms with Crippen molar-refractivity contribution in [3.8, 4) is 0 Å². The summed E-state index contributed by atoms with van der Waals surface area (Å²) in [7, 11) is 0. The molecule has 1 unspecified atom stereocenters. The molecule has 2 amide bonds. The van der Waals surface area contributed by atoms with Crippen LogP contribution in [0.4, 0.5) is 10.5 Å². The van der Waals surface area contributed by atoms with Crippen LogP contribution in [0.2, 0.25) is 0 Å². The molecular weight excluding hydrogens is 284 g/mol. The van der Waals surface area contributed by atoms with E-state index in [9.17, 15) is 9.59 Å². The predicted molar refractivity (Wildman–Crippen MR) is 85.9 cm³/mol. The van der Waals surface area contributed by atoms with Crippen molar-refractivity contribution in [3.63, 3.8) is 0 Å². The molecule has 1 aromatic carbocycles. The van der Waals surface area contributed by atoms with Gasteiger partial charge in [0.1, 0.15) is 0 Å². The van der Waals surface area contributed by atoms with Crippen molar-refractivity contribution in [1.82, 2.24) is 4.90 Å². The van der Waals surface area contributed by atoms with Crippen molar-refractivity contribution >= 4 is 28.6 Å². The summed E-state index contributed by atoms with van der Waals surface area (Å²) < 4.78 is 0. The first-order chi connectivity index (χ1) is 10.2. The van der Waals surface area contributed by atoms with E-state index in [1.165, 1.54) is 17.3 Å². The Morgan fingerprint density at radius 2 is 2.14 bits per heavy atom. The maximum atomic E-state index is 12.5. The minimum absolute atomic E-state index is 0.107. The molecule has 1 atom stereocenters. The molecule has 2 aliphatic rings. The molecule has 0 saturated carbocycles. The predicted octanol–water partition coefficient (Wildman–Crippen LogP) is 3.09. The lowest BCUT2D eigenvalue weighted by molar-refractivity contribution is -0.118. The first kappa shape index (κ1) is 14.4. The number of hydrogen-bond acceptors (Lipinski definition) is 3. The topological polar surface area (TPSA) is 40.6 Å². The van der Waals surface area contributed by atoms with Crippen LogP contribution >= 0.6 is 11.8 Å². The maximum absolute atomic E-state index is 12.5. The second-order valence-corrected chi connectivity index (χ2v) is 6.69. The highest BCUT2D eigenvalue weighted by Gasteiger charge is 2.27. The third-order valence-electron chi connectivity index (χ3n) is 4.29. The van der Waals surface area contributed by atoms with Crippen molar-refractivity contribution in [1.29, 1.82) is 0 Å². The number of para-hydroxylation sites is 1. The van der Waals surface area contributed by atoms with Crippen LogP contribution in [0.5, 0.6) is 0 Å². The van der Waals surface area contributed by atoms with Gasteiger partial charge in [0, 0.05) is 37.5 Å². The minimum Gasteiger partial charge on any atom is -0.332 e. The SMILES string of the molecule is CC1CCN(C(=O)CCN2CCSC2=O)c2ccccc21. The summed E-state index contributed by atoms with van der Waals surface area (Å²) >= 11 is 1.34. The largest absolute Gasteiger partial charge is 0.332 e. The molecule has 1 aromatic rings. The molecule has 21 heavy (non-hydrogen) atoms. The third kappa shape index (κ3) is 2.93. The molecule has 1 saturated heterocycles. The van der Waals surface area contributed by atoms with Gasteiger partial charge in [0.2, 0.25) is 5.91 Å². The average molecular weight is 304 g/mol. The van der Waals surface area contributed by atoms with Crippen LogP contribution in [0.25, 0.3) is 0 Å². The molecule has 112 valence electrons. The van der Waals surface area contributed by atoms with E-state index in [2.05, 4.69) is 13.0 Å². The molecule has 0 aliphatic carbocycles. The Kier molecular flexibility index (Phi) is 4.19. The lowest BCUT2D eigenvalue weighted by Crippen LogP contribution is -2.38. The molecule has 0 spiro atoms. The molecule has 4 nitrogen and oxygen atoms in total. The quantitative estimate of drug-likeness (QED) is 0.861. The van der Waals surface area contributed by atoms with E-state index in [-0.39, 0.29) is 11.1 Å². The summed E-state index contributed by atoms with van der Waals surface area (Å²) in [6.07, 6.45) is 1.41. The van der Waals surface area contributed by atoms with Crippen molar-refractivity contribution < 1.29 is 9.59 Å². The zero-order chi connectivity index (χ0) is 14.8. The van der Waals surface area contributed by atoms with Gasteiger partial charge in [-0.1, -0.05) is 36.9 Å². The number of fused-ring (bicyclic) bond motifs is 1. The fraction of sp³-hybridized carbons (Fsp3) is 0.500. The van der Waals surface area contributed by atoms with Gasteiger partial charge in [0.15, 0.2) is 0 Å². The summed E-state index contributed by atoms with van der Waals surface area (Å²) in [4.78, 5) is 27.8. The fourth-order valence-electron chi connectivity index (χ4n) is 3.00. The monoisotopic (exact) mass is 304 g/mol. The number of thioether (sulfide) groups is 1. The lowest BCUT2D eigenvalue weighted by Gasteiger charge is -2.33. The molecule has 2 heterocycles. The molecule has 3 rings (SSSR count). The highest BCUT2D eigenvalue weighted by molar-refractivity contribution is 8.13. The first-order valence-electron chi connectivity index (χ1n) is 7.48. The van der Waals surface area contributed by atoms with E-state index >= 15 is 0 Å². The lowest BCUT2D eigenvalue weighted by atomic mass is 9.91. The zero-order valence-corrected chi connectivity index (χ0v) is 13.1. The number of anilines is 1. The van der Waals surface area contributed by atoms with Gasteiger partial charge in [-0.2, -0.15) is 0 Å². The van der Waals surface area contributed by atoms with Crippen LogP contribution in [0.1, 0.15) is 31.2 Å². The fourth-order valence-corrected chi connectivity index (χ4v) is 3.85. The number of amides is 2. The van der Waals surface area contributed by atoms with E-state index in [1.807, 2.05) is 23.1 Å². The Balaban J connectivity index is 1.68. The molecule has 0 aromatic heterocycles. The second kappa shape index (κ2) is 6.10. The van der Waals surface area contributed by atoms with Gasteiger partial charge in [-0.3, -0.25) is 9.59 Å². The van der Waals surface area contributed by atoms with E-state index in [1.54, 1.807) is 4.90 Å². The highest BCUT2D eigenvalue weighted by atomic mass is 32.2. The van der Waals surface area contributed by atoms with Gasteiger partial charge in [-0.05, 0) is 24.0 Å². The summed E-state index contributed by atoms with van der Waals surface area (Å²) in [6, 6.07) is 8.15. The van der Waals surface area contributed by atoms with Gasteiger partial charge in [0.05, 0.1) is 0 Å². The number of hydrogen-bond donors (Lipinski definition) is 0. The summed E-state index contributed by atoms with van der Waals surface area (Å²) in [5.74, 6) is 1.47. The number of rotatable bonds is 3. The number of nitrogens with zero attached hydrogens (tertiary/aromatic N) is 2. The van der Waals surface area contributed by atoms with E-state index in [0.29, 0.717) is 18.9 Å². The molecule has 0 bridgehead atoms. The Labute approximate surface area is 129 Å². The van der Waals surface area contributed by atoms with Crippen molar-refractivity contribution in [2.24, 2.45) is 0 Å². The summed E-state index contributed by atoms with van der Waals surface area (Å²) in [5, 5.41) is 0.107. The van der Waals surface area contributed by atoms with E-state index in [4.69, 9.17) is 0 Å². The Morgan fingerprint density at radius 1 is 1.33 bits per heavy atom. The van der Waals surface area contributed by atoms with Crippen LogP contribution in [-0.4, -0.2) is 41.4 Å². The third-order valence-corrected chi connectivity index (χ3v) is 5.18. The molecule has 5 heteroatoms. The Morgan fingerprint density at radius 3 is 2.90 bits per heavy atom. The van der Waals surface area contributed by atoms with Crippen LogP contribution in [0.3, 0.4) is 0 Å². The molecular formula is C16H20N2O2S. The normalized spacial score (nSPS) is 21.6. The first-order valence-corrected chi connectivity index (χ1v) is 8.46. The van der Waals surface area contributed by atoms with E-state index in [0.717, 1.165) is 31.0 Å². The van der Waals surface area contributed by atoms with Gasteiger partial charge in [0.25, 0.3) is 5.24 Å². The number of carbonyl (C=O) groups excluding carboxylic acids is 2. The molecule has 1 fully saturated rings. The molecule has 0 N–H and O–H groups in total. The van der Waals surface area contributed by atoms with Gasteiger partial charge < -0.3 is 9.80 Å². The average Bonchev–Trinajstić information content (AvgIpc) is 2.91. The minimum atomic E-state index is 0.107. The van der Waals surface area contributed by atoms with Crippen molar-refractivity contribution in [3.05, 3.63) is 29.8 Å². The van der Waals surface area contributed by atoms with Gasteiger partial charge in [-0.15, -0.1) is 0 Å². The van der Waals surface area contributed by atoms with Crippen molar-refractivity contribution in [2.45, 2.75) is 25.7 Å². The standard InChI is InChI=1S/C16H20N2O2S/c1-12-6-9-18(14-5-3-2-4-13(12)14)15(19)7-8-17-10-11-21-16(17)20/h2-5,12H,6-11H2,1H3. The molecule has 0 radical (unpaired) electrons. The zero-order valence-electron chi connectivity index (χ0n) is 12.2. The van der Waals surface area contributed by atoms with Crippen LogP contribution in [0, 0.1) is 0 Å². The summed E-state index contributed by atoms with van der Waals surface area (Å²) in [6.45, 7) is 4.30. The van der Waals surface area contributed by atoms with Crippen LogP contribution < -0.4 is 4.90 Å². The highest BCUT2D eigenvalue weighted by Crippen LogP contribution is 2.35.